The Kier molecular flexibility index (Phi) is 6.88. The van der Waals surface area contributed by atoms with Crippen LogP contribution in [0.4, 0.5) is 10.2 Å². The largest absolute Gasteiger partial charge is 0.367 e. The summed E-state index contributed by atoms with van der Waals surface area (Å²) in [5.74, 6) is 0.630. The number of hydrogen-bond donors (Lipinski definition) is 4. The summed E-state index contributed by atoms with van der Waals surface area (Å²) in [4.78, 5) is 33.5. The fourth-order valence-electron chi connectivity index (χ4n) is 4.99. The molecule has 1 aliphatic heterocycles. The smallest absolute Gasteiger partial charge is 0.261 e. The second kappa shape index (κ2) is 9.82. The highest BCUT2D eigenvalue weighted by atomic mass is 19.1. The van der Waals surface area contributed by atoms with E-state index in [-0.39, 0.29) is 22.6 Å². The number of carbonyl (C=O) groups excluding carboxylic acids is 1. The van der Waals surface area contributed by atoms with Gasteiger partial charge in [-0.25, -0.2) is 9.37 Å². The Labute approximate surface area is 192 Å². The molecule has 2 unspecified atom stereocenters. The molecule has 2 atom stereocenters. The van der Waals surface area contributed by atoms with Crippen LogP contribution in [0.1, 0.15) is 59.9 Å². The Balaban J connectivity index is 1.45. The number of anilines is 1. The van der Waals surface area contributed by atoms with Crippen molar-refractivity contribution in [2.75, 3.05) is 18.4 Å². The number of H-pyrrole nitrogens is 1. The molecule has 1 amide bonds. The molecule has 1 aromatic carbocycles. The van der Waals surface area contributed by atoms with Crippen molar-refractivity contribution < 1.29 is 9.18 Å². The summed E-state index contributed by atoms with van der Waals surface area (Å²) in [5.41, 5.74) is 5.88. The van der Waals surface area contributed by atoms with Gasteiger partial charge in [0.05, 0.1) is 5.56 Å². The molecule has 0 spiro atoms. The number of carbonyl (C=O) groups is 1. The number of benzene rings is 1. The molecular formula is C24H31FN6O2. The van der Waals surface area contributed by atoms with Gasteiger partial charge < -0.3 is 21.4 Å². The summed E-state index contributed by atoms with van der Waals surface area (Å²) in [6.07, 6.45) is 6.09. The average molecular weight is 455 g/mol. The van der Waals surface area contributed by atoms with Crippen LogP contribution in [0.2, 0.25) is 0 Å². The molecule has 2 heterocycles. The van der Waals surface area contributed by atoms with E-state index in [4.69, 9.17) is 11.1 Å². The van der Waals surface area contributed by atoms with Gasteiger partial charge >= 0.3 is 0 Å². The third kappa shape index (κ3) is 5.30. The van der Waals surface area contributed by atoms with E-state index in [1.807, 2.05) is 0 Å². The zero-order valence-electron chi connectivity index (χ0n) is 18.9. The molecule has 1 saturated heterocycles. The highest BCUT2D eigenvalue weighted by molar-refractivity contribution is 5.92. The second-order valence-electron chi connectivity index (χ2n) is 9.35. The van der Waals surface area contributed by atoms with Crippen LogP contribution in [0, 0.1) is 23.1 Å². The molecule has 4 rings (SSSR count). The lowest BCUT2D eigenvalue weighted by molar-refractivity contribution is 0.1000. The van der Waals surface area contributed by atoms with Gasteiger partial charge in [-0.3, -0.25) is 14.5 Å². The summed E-state index contributed by atoms with van der Waals surface area (Å²) >= 11 is 0. The number of nitrogens with one attached hydrogen (secondary N) is 3. The van der Waals surface area contributed by atoms with Gasteiger partial charge in [0.2, 0.25) is 5.91 Å². The molecule has 176 valence electrons. The van der Waals surface area contributed by atoms with Crippen molar-refractivity contribution in [1.82, 2.24) is 14.9 Å². The number of aromatic nitrogens is 2. The SMILES string of the molecule is CC1CN(Cc2ccc(C(N)=O)cc2F)CC1Cc1nc(NC2CCCC2)c(C=N)c(=O)[nH]1. The topological polar surface area (TPSA) is 128 Å². The van der Waals surface area contributed by atoms with Crippen LogP contribution in [-0.4, -0.2) is 46.1 Å². The molecule has 0 radical (unpaired) electrons. The lowest BCUT2D eigenvalue weighted by Crippen LogP contribution is -2.26. The van der Waals surface area contributed by atoms with Gasteiger partial charge in [0.25, 0.3) is 5.56 Å². The normalized spacial score (nSPS) is 21.4. The number of likely N-dealkylation sites (tertiary alicyclic amines) is 1. The van der Waals surface area contributed by atoms with E-state index in [0.717, 1.165) is 45.0 Å². The number of primary amides is 1. The van der Waals surface area contributed by atoms with Crippen LogP contribution in [-0.2, 0) is 13.0 Å². The molecule has 0 bridgehead atoms. The first-order valence-electron chi connectivity index (χ1n) is 11.5. The van der Waals surface area contributed by atoms with Crippen LogP contribution in [0.3, 0.4) is 0 Å². The van der Waals surface area contributed by atoms with Crippen molar-refractivity contribution in [2.24, 2.45) is 17.6 Å². The van der Waals surface area contributed by atoms with Crippen LogP contribution in [0.5, 0.6) is 0 Å². The number of amides is 1. The molecule has 8 nitrogen and oxygen atoms in total. The Morgan fingerprint density at radius 2 is 2.12 bits per heavy atom. The Morgan fingerprint density at radius 3 is 2.79 bits per heavy atom. The van der Waals surface area contributed by atoms with Gasteiger partial charge in [-0.2, -0.15) is 0 Å². The van der Waals surface area contributed by atoms with Gasteiger partial charge in [0.15, 0.2) is 0 Å². The number of nitrogens with zero attached hydrogens (tertiary/aromatic N) is 2. The van der Waals surface area contributed by atoms with Crippen LogP contribution in [0.25, 0.3) is 0 Å². The quantitative estimate of drug-likeness (QED) is 0.456. The van der Waals surface area contributed by atoms with Crippen LogP contribution in [0.15, 0.2) is 23.0 Å². The number of rotatable bonds is 8. The monoisotopic (exact) mass is 454 g/mol. The van der Waals surface area contributed by atoms with Crippen molar-refractivity contribution in [3.8, 4) is 0 Å². The van der Waals surface area contributed by atoms with Crippen molar-refractivity contribution >= 4 is 17.9 Å². The molecule has 2 fully saturated rings. The Morgan fingerprint density at radius 1 is 1.36 bits per heavy atom. The zero-order valence-corrected chi connectivity index (χ0v) is 18.9. The van der Waals surface area contributed by atoms with E-state index < -0.39 is 11.7 Å². The van der Waals surface area contributed by atoms with E-state index in [2.05, 4.69) is 27.1 Å². The van der Waals surface area contributed by atoms with Gasteiger partial charge in [0, 0.05) is 49.4 Å². The van der Waals surface area contributed by atoms with E-state index in [1.165, 1.54) is 6.07 Å². The van der Waals surface area contributed by atoms with Gasteiger partial charge in [0.1, 0.15) is 17.5 Å². The number of nitrogens with two attached hydrogens (primary N) is 1. The molecule has 5 N–H and O–H groups in total. The summed E-state index contributed by atoms with van der Waals surface area (Å²) in [5, 5.41) is 11.0. The van der Waals surface area contributed by atoms with Crippen LogP contribution >= 0.6 is 0 Å². The fourth-order valence-corrected chi connectivity index (χ4v) is 4.99. The maximum atomic E-state index is 14.4. The van der Waals surface area contributed by atoms with E-state index in [1.54, 1.807) is 12.1 Å². The molecule has 9 heteroatoms. The molecule has 2 aromatic rings. The molecule has 1 saturated carbocycles. The van der Waals surface area contributed by atoms with Gasteiger partial charge in [-0.05, 0) is 36.8 Å². The van der Waals surface area contributed by atoms with Crippen LogP contribution < -0.4 is 16.6 Å². The van der Waals surface area contributed by atoms with E-state index in [0.29, 0.717) is 42.1 Å². The first-order chi connectivity index (χ1) is 15.8. The molecule has 33 heavy (non-hydrogen) atoms. The highest BCUT2D eigenvalue weighted by Gasteiger charge is 2.31. The summed E-state index contributed by atoms with van der Waals surface area (Å²) in [7, 11) is 0. The first-order valence-corrected chi connectivity index (χ1v) is 11.5. The predicted octanol–water partition coefficient (Wildman–Crippen LogP) is 2.67. The summed E-state index contributed by atoms with van der Waals surface area (Å²) in [6.45, 7) is 4.15. The minimum Gasteiger partial charge on any atom is -0.367 e. The average Bonchev–Trinajstić information content (AvgIpc) is 3.39. The maximum Gasteiger partial charge on any atom is 0.261 e. The summed E-state index contributed by atoms with van der Waals surface area (Å²) < 4.78 is 14.4. The van der Waals surface area contributed by atoms with Crippen molar-refractivity contribution in [2.45, 2.75) is 51.6 Å². The zero-order chi connectivity index (χ0) is 23.5. The minimum atomic E-state index is -0.646. The number of hydrogen-bond acceptors (Lipinski definition) is 6. The minimum absolute atomic E-state index is 0.161. The van der Waals surface area contributed by atoms with Gasteiger partial charge in [-0.15, -0.1) is 0 Å². The lowest BCUT2D eigenvalue weighted by Gasteiger charge is -2.18. The molecule has 1 aromatic heterocycles. The maximum absolute atomic E-state index is 14.4. The third-order valence-electron chi connectivity index (χ3n) is 6.88. The van der Waals surface area contributed by atoms with Crippen molar-refractivity contribution in [1.29, 1.82) is 5.41 Å². The van der Waals surface area contributed by atoms with Gasteiger partial charge in [-0.1, -0.05) is 25.8 Å². The molecular weight excluding hydrogens is 423 g/mol. The fraction of sp³-hybridized carbons (Fsp3) is 0.500. The van der Waals surface area contributed by atoms with E-state index >= 15 is 0 Å². The second-order valence-corrected chi connectivity index (χ2v) is 9.35. The third-order valence-corrected chi connectivity index (χ3v) is 6.88. The molecule has 2 aliphatic rings. The standard InChI is InChI=1S/C24H31FN6O2/c1-14-11-31(12-16-7-6-15(22(27)32)8-20(16)25)13-17(14)9-21-29-23(19(10-26)24(33)30-21)28-18-4-2-3-5-18/h6-8,10,14,17-18,26H,2-5,9,11-13H2,1H3,(H2,27,32)(H2,28,29,30,33). The van der Waals surface area contributed by atoms with Crippen molar-refractivity contribution in [3.05, 3.63) is 56.9 Å². The Hall–Kier alpha value is -3.07. The highest BCUT2D eigenvalue weighted by Crippen LogP contribution is 2.28. The Bertz CT molecular complexity index is 1090. The molecule has 1 aliphatic carbocycles. The van der Waals surface area contributed by atoms with Crippen molar-refractivity contribution in [3.63, 3.8) is 0 Å². The lowest BCUT2D eigenvalue weighted by atomic mass is 9.94. The first kappa shape index (κ1) is 23.1. The number of halogens is 1. The summed E-state index contributed by atoms with van der Waals surface area (Å²) in [6, 6.07) is 4.65. The predicted molar refractivity (Wildman–Crippen MR) is 125 cm³/mol. The van der Waals surface area contributed by atoms with E-state index in [9.17, 15) is 14.0 Å². The number of aromatic amines is 1.